The molecule has 2 aromatic carbocycles. The van der Waals surface area contributed by atoms with Crippen LogP contribution >= 0.6 is 0 Å². The number of H-pyrrole nitrogens is 1. The Labute approximate surface area is 186 Å². The van der Waals surface area contributed by atoms with E-state index in [0.29, 0.717) is 11.4 Å². The fourth-order valence-electron chi connectivity index (χ4n) is 4.01. The number of imide groups is 1. The number of nitrogens with zero attached hydrogens (tertiary/aromatic N) is 2. The van der Waals surface area contributed by atoms with Crippen LogP contribution in [0.15, 0.2) is 54.6 Å². The van der Waals surface area contributed by atoms with Crippen LogP contribution in [-0.2, 0) is 15.1 Å². The van der Waals surface area contributed by atoms with Crippen molar-refractivity contribution in [3.05, 3.63) is 66.0 Å². The number of benzene rings is 2. The maximum Gasteiger partial charge on any atom is 0.325 e. The van der Waals surface area contributed by atoms with Gasteiger partial charge in [-0.15, -0.1) is 0 Å². The van der Waals surface area contributed by atoms with Crippen molar-refractivity contribution in [3.63, 3.8) is 0 Å². The van der Waals surface area contributed by atoms with Gasteiger partial charge in [0.15, 0.2) is 0 Å². The molecule has 1 fully saturated rings. The van der Waals surface area contributed by atoms with E-state index < -0.39 is 23.4 Å². The molecule has 2 heterocycles. The number of aromatic nitrogens is 2. The number of carbonyl (C=O) groups is 3. The number of hydrogen-bond acceptors (Lipinski definition) is 4. The minimum atomic E-state index is -1.20. The monoisotopic (exact) mass is 433 g/mol. The number of amides is 4. The Kier molecular flexibility index (Phi) is 5.69. The number of carbonyl (C=O) groups excluding carboxylic acids is 3. The van der Waals surface area contributed by atoms with Crippen molar-refractivity contribution in [1.29, 1.82) is 0 Å². The van der Waals surface area contributed by atoms with E-state index in [4.69, 9.17) is 0 Å². The van der Waals surface area contributed by atoms with E-state index in [1.54, 1.807) is 31.2 Å². The minimum absolute atomic E-state index is 0.0946. The highest BCUT2D eigenvalue weighted by Gasteiger charge is 2.49. The summed E-state index contributed by atoms with van der Waals surface area (Å²) in [6, 6.07) is 15.7. The molecule has 32 heavy (non-hydrogen) atoms. The van der Waals surface area contributed by atoms with Crippen molar-refractivity contribution in [2.24, 2.45) is 5.92 Å². The molecule has 3 atom stereocenters. The third-order valence-corrected chi connectivity index (χ3v) is 6.16. The summed E-state index contributed by atoms with van der Waals surface area (Å²) < 4.78 is 0. The normalized spacial score (nSPS) is 20.3. The van der Waals surface area contributed by atoms with Crippen molar-refractivity contribution >= 4 is 28.9 Å². The number of nitrogens with one attached hydrogen (secondary N) is 3. The first-order chi connectivity index (χ1) is 15.3. The van der Waals surface area contributed by atoms with Crippen LogP contribution < -0.4 is 10.6 Å². The van der Waals surface area contributed by atoms with Gasteiger partial charge < -0.3 is 15.6 Å². The molecule has 1 aromatic heterocycles. The van der Waals surface area contributed by atoms with Gasteiger partial charge in [0.2, 0.25) is 5.91 Å². The van der Waals surface area contributed by atoms with Crippen LogP contribution in [0.2, 0.25) is 0 Å². The standard InChI is InChI=1S/C24H27N5O3/c1-4-15(2)20(21-25-17-12-8-9-13-18(17)26-21)27-19(30)14-29-22(31)24(3,28-23(29)32)16-10-6-5-7-11-16/h5-13,15,20H,4,14H2,1-3H3,(H,25,26)(H,27,30)(H,28,32). The molecule has 0 aliphatic carbocycles. The Hall–Kier alpha value is -3.68. The first kappa shape index (κ1) is 21.5. The lowest BCUT2D eigenvalue weighted by atomic mass is 9.92. The minimum Gasteiger partial charge on any atom is -0.344 e. The smallest absolute Gasteiger partial charge is 0.325 e. The molecular formula is C24H27N5O3. The van der Waals surface area contributed by atoms with E-state index in [0.717, 1.165) is 22.4 Å². The number of para-hydroxylation sites is 2. The van der Waals surface area contributed by atoms with Gasteiger partial charge in [0, 0.05) is 0 Å². The van der Waals surface area contributed by atoms with Gasteiger partial charge >= 0.3 is 6.03 Å². The van der Waals surface area contributed by atoms with E-state index in [9.17, 15) is 14.4 Å². The van der Waals surface area contributed by atoms with Crippen molar-refractivity contribution in [2.45, 2.75) is 38.8 Å². The van der Waals surface area contributed by atoms with Gasteiger partial charge in [0.1, 0.15) is 17.9 Å². The zero-order chi connectivity index (χ0) is 22.9. The molecule has 3 aromatic rings. The summed E-state index contributed by atoms with van der Waals surface area (Å²) in [5, 5.41) is 5.70. The molecule has 1 aliphatic rings. The van der Waals surface area contributed by atoms with E-state index in [-0.39, 0.29) is 18.5 Å². The molecule has 0 saturated carbocycles. The molecule has 8 heteroatoms. The van der Waals surface area contributed by atoms with E-state index in [2.05, 4.69) is 20.6 Å². The molecule has 1 aliphatic heterocycles. The summed E-state index contributed by atoms with van der Waals surface area (Å²) in [5.41, 5.74) is 1.17. The van der Waals surface area contributed by atoms with Crippen molar-refractivity contribution in [3.8, 4) is 0 Å². The summed E-state index contributed by atoms with van der Waals surface area (Å²) in [6.07, 6.45) is 0.817. The fourth-order valence-corrected chi connectivity index (χ4v) is 4.01. The molecule has 0 spiro atoms. The average Bonchev–Trinajstić information content (AvgIpc) is 3.32. The first-order valence-electron chi connectivity index (χ1n) is 10.8. The molecule has 3 unspecified atom stereocenters. The number of hydrogen-bond donors (Lipinski definition) is 3. The maximum atomic E-state index is 13.1. The van der Waals surface area contributed by atoms with E-state index in [1.165, 1.54) is 0 Å². The molecule has 4 rings (SSSR count). The summed E-state index contributed by atoms with van der Waals surface area (Å²) in [4.78, 5) is 47.5. The van der Waals surface area contributed by atoms with Crippen molar-refractivity contribution in [1.82, 2.24) is 25.5 Å². The van der Waals surface area contributed by atoms with E-state index >= 15 is 0 Å². The van der Waals surface area contributed by atoms with Gasteiger partial charge in [-0.3, -0.25) is 14.5 Å². The summed E-state index contributed by atoms with van der Waals surface area (Å²) >= 11 is 0. The molecule has 8 nitrogen and oxygen atoms in total. The first-order valence-corrected chi connectivity index (χ1v) is 10.8. The Morgan fingerprint density at radius 1 is 1.12 bits per heavy atom. The zero-order valence-corrected chi connectivity index (χ0v) is 18.4. The highest BCUT2D eigenvalue weighted by molar-refractivity contribution is 6.09. The number of imidazole rings is 1. The van der Waals surface area contributed by atoms with Crippen LogP contribution in [0.4, 0.5) is 4.79 Å². The number of aromatic amines is 1. The SMILES string of the molecule is CCC(C)C(NC(=O)CN1C(=O)NC(C)(c2ccccc2)C1=O)c1nc2ccccc2[nH]1. The molecule has 3 N–H and O–H groups in total. The Bertz CT molecular complexity index is 1130. The second-order valence-electron chi connectivity index (χ2n) is 8.38. The maximum absolute atomic E-state index is 13.1. The van der Waals surface area contributed by atoms with Crippen molar-refractivity contribution in [2.75, 3.05) is 6.54 Å². The second-order valence-corrected chi connectivity index (χ2v) is 8.38. The molecule has 1 saturated heterocycles. The average molecular weight is 434 g/mol. The Balaban J connectivity index is 1.52. The van der Waals surface area contributed by atoms with Crippen LogP contribution in [-0.4, -0.2) is 39.3 Å². The summed E-state index contributed by atoms with van der Waals surface area (Å²) in [7, 11) is 0. The molecule has 4 amide bonds. The quantitative estimate of drug-likeness (QED) is 0.497. The Morgan fingerprint density at radius 2 is 1.81 bits per heavy atom. The lowest BCUT2D eigenvalue weighted by Crippen LogP contribution is -2.44. The predicted octanol–water partition coefficient (Wildman–Crippen LogP) is 3.23. The molecule has 166 valence electrons. The molecule has 0 radical (unpaired) electrons. The summed E-state index contributed by atoms with van der Waals surface area (Å²) in [5.74, 6) is -0.123. The van der Waals surface area contributed by atoms with Crippen LogP contribution in [0.3, 0.4) is 0 Å². The second kappa shape index (κ2) is 8.45. The Morgan fingerprint density at radius 3 is 2.50 bits per heavy atom. The van der Waals surface area contributed by atoms with Gasteiger partial charge in [-0.1, -0.05) is 62.7 Å². The number of fused-ring (bicyclic) bond motifs is 1. The summed E-state index contributed by atoms with van der Waals surface area (Å²) in [6.45, 7) is 5.35. The largest absolute Gasteiger partial charge is 0.344 e. The molecular weight excluding hydrogens is 406 g/mol. The topological polar surface area (TPSA) is 107 Å². The predicted molar refractivity (Wildman–Crippen MR) is 120 cm³/mol. The number of rotatable bonds is 7. The van der Waals surface area contributed by atoms with Crippen LogP contribution in [0.5, 0.6) is 0 Å². The van der Waals surface area contributed by atoms with Crippen LogP contribution in [0.25, 0.3) is 11.0 Å². The number of urea groups is 1. The van der Waals surface area contributed by atoms with E-state index in [1.807, 2.05) is 44.2 Å². The highest BCUT2D eigenvalue weighted by atomic mass is 16.2. The molecule has 0 bridgehead atoms. The van der Waals surface area contributed by atoms with Gasteiger partial charge in [0.05, 0.1) is 17.1 Å². The van der Waals surface area contributed by atoms with Gasteiger partial charge in [0.25, 0.3) is 5.91 Å². The zero-order valence-electron chi connectivity index (χ0n) is 18.4. The van der Waals surface area contributed by atoms with Gasteiger partial charge in [-0.2, -0.15) is 0 Å². The third-order valence-electron chi connectivity index (χ3n) is 6.16. The van der Waals surface area contributed by atoms with Gasteiger partial charge in [-0.05, 0) is 30.5 Å². The fraction of sp³-hybridized carbons (Fsp3) is 0.333. The van der Waals surface area contributed by atoms with Crippen LogP contribution in [0, 0.1) is 5.92 Å². The van der Waals surface area contributed by atoms with Crippen LogP contribution in [0.1, 0.15) is 44.6 Å². The lowest BCUT2D eigenvalue weighted by Gasteiger charge is -2.24. The lowest BCUT2D eigenvalue weighted by molar-refractivity contribution is -0.135. The van der Waals surface area contributed by atoms with Crippen molar-refractivity contribution < 1.29 is 14.4 Å². The highest BCUT2D eigenvalue weighted by Crippen LogP contribution is 2.29. The van der Waals surface area contributed by atoms with Gasteiger partial charge in [-0.25, -0.2) is 9.78 Å². The third kappa shape index (κ3) is 3.84.